The van der Waals surface area contributed by atoms with E-state index in [2.05, 4.69) is 102 Å². The lowest BCUT2D eigenvalue weighted by Crippen LogP contribution is -2.33. The number of allylic oxidation sites excluding steroid dienone is 2. The predicted molar refractivity (Wildman–Crippen MR) is 259 cm³/mol. The van der Waals surface area contributed by atoms with Gasteiger partial charge in [0.1, 0.15) is 5.82 Å². The molecule has 2 aromatic heterocycles. The zero-order valence-corrected chi connectivity index (χ0v) is 39.6. The predicted octanol–water partition coefficient (Wildman–Crippen LogP) is 10.0. The first-order chi connectivity index (χ1) is 31.3. The minimum absolute atomic E-state index is 0.0586. The molecule has 2 fully saturated rings. The van der Waals surface area contributed by atoms with Gasteiger partial charge in [0.2, 0.25) is 0 Å². The number of hydrogen-bond acceptors (Lipinski definition) is 10. The fourth-order valence-corrected chi connectivity index (χ4v) is 10.1. The number of anilines is 2. The molecule has 0 spiro atoms. The third kappa shape index (κ3) is 12.6. The van der Waals surface area contributed by atoms with Gasteiger partial charge in [-0.25, -0.2) is 4.68 Å². The third-order valence-corrected chi connectivity index (χ3v) is 13.8. The molecule has 348 valence electrons. The van der Waals surface area contributed by atoms with Crippen molar-refractivity contribution in [1.82, 2.24) is 29.9 Å². The number of aromatic nitrogens is 5. The van der Waals surface area contributed by atoms with Crippen LogP contribution in [0.2, 0.25) is 0 Å². The SMILES string of the molecule is CCCCCCCC/C=C\CCCCCCCCn1nnc(C(N)=O)c1C1COCC1CNc1nc(OCC2(CN(C)C)CC2)nc2c1CCN(c1cccc3cccc(CC)c13)C2. The van der Waals surface area contributed by atoms with Crippen molar-refractivity contribution in [3.8, 4) is 6.01 Å². The van der Waals surface area contributed by atoms with Gasteiger partial charge in [-0.2, -0.15) is 9.97 Å². The number of primary amides is 1. The summed E-state index contributed by atoms with van der Waals surface area (Å²) in [6.45, 7) is 9.94. The number of aryl methyl sites for hydroxylation is 2. The van der Waals surface area contributed by atoms with Gasteiger partial charge in [0.15, 0.2) is 5.69 Å². The summed E-state index contributed by atoms with van der Waals surface area (Å²) in [5.41, 5.74) is 11.9. The highest BCUT2D eigenvalue weighted by Crippen LogP contribution is 2.46. The maximum absolute atomic E-state index is 12.7. The number of carbonyl (C=O) groups is 1. The van der Waals surface area contributed by atoms with Gasteiger partial charge < -0.3 is 30.3 Å². The van der Waals surface area contributed by atoms with Gasteiger partial charge >= 0.3 is 6.01 Å². The van der Waals surface area contributed by atoms with Crippen molar-refractivity contribution >= 4 is 28.2 Å². The van der Waals surface area contributed by atoms with E-state index in [0.29, 0.717) is 45.5 Å². The number of unbranched alkanes of at least 4 members (excludes halogenated alkanes) is 12. The largest absolute Gasteiger partial charge is 0.463 e. The molecule has 7 rings (SSSR count). The summed E-state index contributed by atoms with van der Waals surface area (Å²) >= 11 is 0. The molecule has 1 saturated heterocycles. The van der Waals surface area contributed by atoms with Gasteiger partial charge in [-0.05, 0) is 88.9 Å². The first kappa shape index (κ1) is 47.4. The van der Waals surface area contributed by atoms with Crippen molar-refractivity contribution in [3.05, 3.63) is 76.8 Å². The van der Waals surface area contributed by atoms with Crippen LogP contribution in [-0.4, -0.2) is 89.3 Å². The van der Waals surface area contributed by atoms with Gasteiger partial charge in [-0.1, -0.05) is 119 Å². The summed E-state index contributed by atoms with van der Waals surface area (Å²) in [6, 6.07) is 13.7. The minimum Gasteiger partial charge on any atom is -0.463 e. The van der Waals surface area contributed by atoms with E-state index in [9.17, 15) is 4.79 Å². The standard InChI is InChI=1S/C52H77N9O3/c1-5-7-8-9-10-11-12-13-14-15-16-17-18-19-20-21-31-61-48(47(49(53)62)57-58-61)43-36-63-35-41(43)33-54-50-42-28-32-60(45-27-23-26-40-25-22-24-39(6-2)46(40)45)34-44(42)55-51(56-50)64-38-52(29-30-52)37-59(3)4/h13-14,22-27,41,43H,5-12,15-21,28-38H2,1-4H3,(H2,53,62)(H,54,55,56)/b14-13-. The lowest BCUT2D eigenvalue weighted by atomic mass is 9.91. The number of fused-ring (bicyclic) bond motifs is 2. The van der Waals surface area contributed by atoms with E-state index in [4.69, 9.17) is 25.2 Å². The van der Waals surface area contributed by atoms with E-state index in [1.54, 1.807) is 0 Å². The highest BCUT2D eigenvalue weighted by molar-refractivity contribution is 5.97. The molecule has 4 aromatic rings. The summed E-state index contributed by atoms with van der Waals surface area (Å²) in [4.78, 5) is 27.6. The monoisotopic (exact) mass is 876 g/mol. The molecule has 0 bridgehead atoms. The number of hydrogen-bond donors (Lipinski definition) is 2. The lowest BCUT2D eigenvalue weighted by Gasteiger charge is -2.32. The molecule has 2 unspecified atom stereocenters. The molecule has 1 aliphatic carbocycles. The highest BCUT2D eigenvalue weighted by atomic mass is 16.5. The Morgan fingerprint density at radius 2 is 1.66 bits per heavy atom. The van der Waals surface area contributed by atoms with Crippen LogP contribution in [0.5, 0.6) is 6.01 Å². The van der Waals surface area contributed by atoms with Crippen LogP contribution in [0, 0.1) is 11.3 Å². The van der Waals surface area contributed by atoms with Crippen molar-refractivity contribution in [2.75, 3.05) is 63.8 Å². The fourth-order valence-electron chi connectivity index (χ4n) is 10.1. The third-order valence-electron chi connectivity index (χ3n) is 13.8. The number of carbonyl (C=O) groups excluding carboxylic acids is 1. The van der Waals surface area contributed by atoms with Crippen molar-refractivity contribution in [2.24, 2.45) is 17.1 Å². The number of nitrogens with zero attached hydrogens (tertiary/aromatic N) is 7. The quantitative estimate of drug-likeness (QED) is 0.0419. The van der Waals surface area contributed by atoms with Crippen molar-refractivity contribution in [1.29, 1.82) is 0 Å². The topological polar surface area (TPSA) is 137 Å². The van der Waals surface area contributed by atoms with Crippen LogP contribution in [0.3, 0.4) is 0 Å². The molecule has 3 aliphatic rings. The van der Waals surface area contributed by atoms with E-state index >= 15 is 0 Å². The Morgan fingerprint density at radius 1 is 0.938 bits per heavy atom. The zero-order valence-electron chi connectivity index (χ0n) is 39.6. The van der Waals surface area contributed by atoms with Crippen molar-refractivity contribution in [2.45, 2.75) is 148 Å². The normalized spacial score (nSPS) is 18.0. The number of ether oxygens (including phenoxy) is 2. The Hall–Kier alpha value is -4.55. The maximum Gasteiger partial charge on any atom is 0.318 e. The highest BCUT2D eigenvalue weighted by Gasteiger charge is 2.44. The smallest absolute Gasteiger partial charge is 0.318 e. The molecule has 12 heteroatoms. The van der Waals surface area contributed by atoms with Crippen molar-refractivity contribution in [3.63, 3.8) is 0 Å². The number of nitrogens with two attached hydrogens (primary N) is 1. The molecule has 2 aromatic carbocycles. The summed E-state index contributed by atoms with van der Waals surface area (Å²) in [5, 5.41) is 15.1. The fraction of sp³-hybridized carbons (Fsp3) is 0.635. The van der Waals surface area contributed by atoms with Gasteiger partial charge in [0.05, 0.1) is 37.8 Å². The van der Waals surface area contributed by atoms with E-state index in [-0.39, 0.29) is 22.9 Å². The number of nitrogens with one attached hydrogen (secondary N) is 1. The summed E-state index contributed by atoms with van der Waals surface area (Å²) in [7, 11) is 4.25. The maximum atomic E-state index is 12.7. The second kappa shape index (κ2) is 23.6. The van der Waals surface area contributed by atoms with Crippen LogP contribution in [0.4, 0.5) is 11.5 Å². The van der Waals surface area contributed by atoms with E-state index < -0.39 is 5.91 Å². The second-order valence-electron chi connectivity index (χ2n) is 19.3. The number of rotatable bonds is 28. The molecule has 3 N–H and O–H groups in total. The summed E-state index contributed by atoms with van der Waals surface area (Å²) in [6.07, 6.45) is 26.5. The molecule has 1 amide bonds. The summed E-state index contributed by atoms with van der Waals surface area (Å²) < 4.78 is 14.6. The average molecular weight is 876 g/mol. The van der Waals surface area contributed by atoms with Crippen LogP contribution >= 0.6 is 0 Å². The number of benzene rings is 2. The van der Waals surface area contributed by atoms with E-state index in [0.717, 1.165) is 74.4 Å². The molecule has 64 heavy (non-hydrogen) atoms. The molecule has 0 radical (unpaired) electrons. The Bertz CT molecular complexity index is 2120. The van der Waals surface area contributed by atoms with Crippen molar-refractivity contribution < 1.29 is 14.3 Å². The van der Waals surface area contributed by atoms with Crippen LogP contribution < -0.4 is 20.7 Å². The van der Waals surface area contributed by atoms with E-state index in [1.165, 1.54) is 99.1 Å². The molecule has 4 heterocycles. The lowest BCUT2D eigenvalue weighted by molar-refractivity contribution is 0.0993. The molecule has 2 atom stereocenters. The Balaban J connectivity index is 0.977. The summed E-state index contributed by atoms with van der Waals surface area (Å²) in [5.74, 6) is 0.254. The Kier molecular flexibility index (Phi) is 17.5. The Morgan fingerprint density at radius 3 is 2.36 bits per heavy atom. The van der Waals surface area contributed by atoms with Gasteiger partial charge in [-0.15, -0.1) is 5.10 Å². The zero-order chi connectivity index (χ0) is 44.7. The van der Waals surface area contributed by atoms with Gasteiger partial charge in [0.25, 0.3) is 5.91 Å². The van der Waals surface area contributed by atoms with Crippen LogP contribution in [-0.2, 0) is 30.7 Å². The Labute approximate surface area is 383 Å². The average Bonchev–Trinajstić information content (AvgIpc) is 3.67. The molecular formula is C52H77N9O3. The first-order valence-electron chi connectivity index (χ1n) is 24.9. The van der Waals surface area contributed by atoms with Gasteiger partial charge in [-0.3, -0.25) is 4.79 Å². The van der Waals surface area contributed by atoms with Crippen LogP contribution in [0.25, 0.3) is 10.8 Å². The molecular weight excluding hydrogens is 799 g/mol. The van der Waals surface area contributed by atoms with Gasteiger partial charge in [0, 0.05) is 60.1 Å². The van der Waals surface area contributed by atoms with Crippen LogP contribution in [0.1, 0.15) is 156 Å². The first-order valence-corrected chi connectivity index (χ1v) is 24.9. The number of amides is 1. The van der Waals surface area contributed by atoms with E-state index in [1.807, 2.05) is 4.68 Å². The molecule has 1 saturated carbocycles. The molecule has 12 nitrogen and oxygen atoms in total. The molecule has 2 aliphatic heterocycles. The van der Waals surface area contributed by atoms with Crippen LogP contribution in [0.15, 0.2) is 48.6 Å². The minimum atomic E-state index is -0.544. The second-order valence-corrected chi connectivity index (χ2v) is 19.3.